The van der Waals surface area contributed by atoms with Crippen molar-refractivity contribution in [2.24, 2.45) is 5.92 Å². The first-order valence-corrected chi connectivity index (χ1v) is 7.80. The van der Waals surface area contributed by atoms with Crippen LogP contribution in [-0.4, -0.2) is 33.7 Å². The lowest BCUT2D eigenvalue weighted by atomic mass is 9.96. The van der Waals surface area contributed by atoms with Crippen LogP contribution < -0.4 is 14.2 Å². The normalized spacial score (nSPS) is 30.2. The van der Waals surface area contributed by atoms with E-state index in [0.29, 0.717) is 29.3 Å². The molecule has 5 nitrogen and oxygen atoms in total. The molecular weight excluding hydrogens is 284 g/mol. The average Bonchev–Trinajstić information content (AvgIpc) is 3.11. The second-order valence-electron chi connectivity index (χ2n) is 5.85. The van der Waals surface area contributed by atoms with Crippen molar-refractivity contribution in [1.82, 2.24) is 0 Å². The third kappa shape index (κ3) is 2.63. The number of hydrogen-bond donors (Lipinski definition) is 0. The quantitative estimate of drug-likeness (QED) is 0.835. The maximum absolute atomic E-state index is 6.10. The summed E-state index contributed by atoms with van der Waals surface area (Å²) in [5.74, 6) is 2.40. The summed E-state index contributed by atoms with van der Waals surface area (Å²) in [6, 6.07) is 3.93. The SMILES string of the molecule is CCC1CC2CC(c3cc(OC)c(OC)c(OC)c3)OC2O1. The Hall–Kier alpha value is -1.46. The van der Waals surface area contributed by atoms with E-state index in [-0.39, 0.29) is 12.4 Å². The van der Waals surface area contributed by atoms with Gasteiger partial charge in [-0.1, -0.05) is 6.92 Å². The van der Waals surface area contributed by atoms with Crippen molar-refractivity contribution in [2.45, 2.75) is 44.7 Å². The number of rotatable bonds is 5. The van der Waals surface area contributed by atoms with Crippen molar-refractivity contribution >= 4 is 0 Å². The Morgan fingerprint density at radius 1 is 1.00 bits per heavy atom. The van der Waals surface area contributed by atoms with Crippen molar-refractivity contribution in [3.05, 3.63) is 17.7 Å². The molecule has 4 atom stereocenters. The van der Waals surface area contributed by atoms with Crippen molar-refractivity contribution < 1.29 is 23.7 Å². The van der Waals surface area contributed by atoms with Gasteiger partial charge in [0.1, 0.15) is 0 Å². The van der Waals surface area contributed by atoms with Gasteiger partial charge < -0.3 is 23.7 Å². The first-order valence-electron chi connectivity index (χ1n) is 7.80. The topological polar surface area (TPSA) is 46.2 Å². The number of ether oxygens (including phenoxy) is 5. The van der Waals surface area contributed by atoms with E-state index in [4.69, 9.17) is 23.7 Å². The van der Waals surface area contributed by atoms with Crippen LogP contribution in [0.25, 0.3) is 0 Å². The highest BCUT2D eigenvalue weighted by Gasteiger charge is 2.44. The molecule has 0 spiro atoms. The van der Waals surface area contributed by atoms with Gasteiger partial charge in [0.05, 0.1) is 33.5 Å². The zero-order valence-corrected chi connectivity index (χ0v) is 13.6. The fourth-order valence-corrected chi connectivity index (χ4v) is 3.41. The molecule has 0 saturated carbocycles. The molecule has 4 unspecified atom stereocenters. The molecule has 122 valence electrons. The van der Waals surface area contributed by atoms with Gasteiger partial charge in [-0.15, -0.1) is 0 Å². The van der Waals surface area contributed by atoms with Crippen LogP contribution in [0.4, 0.5) is 0 Å². The summed E-state index contributed by atoms with van der Waals surface area (Å²) in [5, 5.41) is 0. The van der Waals surface area contributed by atoms with Gasteiger partial charge in [-0.25, -0.2) is 0 Å². The highest BCUT2D eigenvalue weighted by Crippen LogP contribution is 2.48. The lowest BCUT2D eigenvalue weighted by Crippen LogP contribution is -2.13. The van der Waals surface area contributed by atoms with Gasteiger partial charge >= 0.3 is 0 Å². The Morgan fingerprint density at radius 2 is 1.68 bits per heavy atom. The van der Waals surface area contributed by atoms with Crippen LogP contribution in [-0.2, 0) is 9.47 Å². The van der Waals surface area contributed by atoms with Crippen LogP contribution >= 0.6 is 0 Å². The van der Waals surface area contributed by atoms with E-state index in [1.807, 2.05) is 12.1 Å². The van der Waals surface area contributed by atoms with E-state index in [2.05, 4.69) is 6.92 Å². The molecule has 22 heavy (non-hydrogen) atoms. The minimum absolute atomic E-state index is 0.0153. The zero-order chi connectivity index (χ0) is 15.7. The molecule has 2 saturated heterocycles. The molecule has 1 aromatic carbocycles. The predicted molar refractivity (Wildman–Crippen MR) is 81.6 cm³/mol. The summed E-state index contributed by atoms with van der Waals surface area (Å²) in [5.41, 5.74) is 1.04. The average molecular weight is 308 g/mol. The number of methoxy groups -OCH3 is 3. The first kappa shape index (κ1) is 15.4. The van der Waals surface area contributed by atoms with Crippen LogP contribution in [0.5, 0.6) is 17.2 Å². The smallest absolute Gasteiger partial charge is 0.203 e. The first-order chi connectivity index (χ1) is 10.7. The molecule has 2 heterocycles. The lowest BCUT2D eigenvalue weighted by molar-refractivity contribution is -0.140. The molecular formula is C17H24O5. The van der Waals surface area contributed by atoms with Crippen LogP contribution in [0.15, 0.2) is 12.1 Å². The van der Waals surface area contributed by atoms with Gasteiger partial charge in [-0.2, -0.15) is 0 Å². The fourth-order valence-electron chi connectivity index (χ4n) is 3.41. The summed E-state index contributed by atoms with van der Waals surface area (Å²) in [6.45, 7) is 2.16. The second-order valence-corrected chi connectivity index (χ2v) is 5.85. The molecule has 2 aliphatic heterocycles. The Kier molecular flexibility index (Phi) is 4.45. The van der Waals surface area contributed by atoms with Gasteiger partial charge in [-0.3, -0.25) is 0 Å². The molecule has 2 fully saturated rings. The Bertz CT molecular complexity index is 491. The molecule has 0 radical (unpaired) electrons. The van der Waals surface area contributed by atoms with Gasteiger partial charge in [0, 0.05) is 5.92 Å². The highest BCUT2D eigenvalue weighted by atomic mass is 16.7. The van der Waals surface area contributed by atoms with Crippen LogP contribution in [0.1, 0.15) is 37.9 Å². The summed E-state index contributed by atoms with van der Waals surface area (Å²) in [4.78, 5) is 0. The van der Waals surface area contributed by atoms with E-state index in [0.717, 1.165) is 24.8 Å². The van der Waals surface area contributed by atoms with Crippen LogP contribution in [0, 0.1) is 5.92 Å². The molecule has 0 aliphatic carbocycles. The molecule has 2 aliphatic rings. The summed E-state index contributed by atoms with van der Waals surface area (Å²) >= 11 is 0. The minimum atomic E-state index is -0.0750. The third-order valence-electron chi connectivity index (χ3n) is 4.61. The van der Waals surface area contributed by atoms with Crippen molar-refractivity contribution in [1.29, 1.82) is 0 Å². The highest BCUT2D eigenvalue weighted by molar-refractivity contribution is 5.54. The maximum atomic E-state index is 6.10. The Balaban J connectivity index is 1.82. The van der Waals surface area contributed by atoms with Crippen molar-refractivity contribution in [3.8, 4) is 17.2 Å². The Morgan fingerprint density at radius 3 is 2.18 bits per heavy atom. The molecule has 3 rings (SSSR count). The molecule has 1 aromatic rings. The molecule has 0 bridgehead atoms. The second kappa shape index (κ2) is 6.34. The lowest BCUT2D eigenvalue weighted by Gasteiger charge is -2.19. The summed E-state index contributed by atoms with van der Waals surface area (Å²) < 4.78 is 28.2. The predicted octanol–water partition coefficient (Wildman–Crippen LogP) is 3.32. The van der Waals surface area contributed by atoms with Gasteiger partial charge in [0.15, 0.2) is 17.8 Å². The number of hydrogen-bond acceptors (Lipinski definition) is 5. The van der Waals surface area contributed by atoms with Crippen LogP contribution in [0.3, 0.4) is 0 Å². The van der Waals surface area contributed by atoms with E-state index in [1.54, 1.807) is 21.3 Å². The van der Waals surface area contributed by atoms with Crippen LogP contribution in [0.2, 0.25) is 0 Å². The van der Waals surface area contributed by atoms with E-state index in [1.165, 1.54) is 0 Å². The zero-order valence-electron chi connectivity index (χ0n) is 13.6. The van der Waals surface area contributed by atoms with Crippen molar-refractivity contribution in [2.75, 3.05) is 21.3 Å². The summed E-state index contributed by atoms with van der Waals surface area (Å²) in [6.07, 6.45) is 3.39. The van der Waals surface area contributed by atoms with Gasteiger partial charge in [-0.05, 0) is 37.0 Å². The maximum Gasteiger partial charge on any atom is 0.203 e. The fraction of sp³-hybridized carbons (Fsp3) is 0.647. The summed E-state index contributed by atoms with van der Waals surface area (Å²) in [7, 11) is 4.86. The monoisotopic (exact) mass is 308 g/mol. The third-order valence-corrected chi connectivity index (χ3v) is 4.61. The van der Waals surface area contributed by atoms with E-state index < -0.39 is 0 Å². The standard InChI is InChI=1S/C17H24O5/c1-5-12-6-11-9-13(22-17(11)21-12)10-7-14(18-2)16(20-4)15(8-10)19-3/h7-8,11-13,17H,5-6,9H2,1-4H3. The largest absolute Gasteiger partial charge is 0.493 e. The molecule has 0 aromatic heterocycles. The molecule has 0 amide bonds. The number of fused-ring (bicyclic) bond motifs is 1. The Labute approximate surface area is 131 Å². The van der Waals surface area contributed by atoms with Crippen molar-refractivity contribution in [3.63, 3.8) is 0 Å². The van der Waals surface area contributed by atoms with Gasteiger partial charge in [0.25, 0.3) is 0 Å². The molecule has 0 N–H and O–H groups in total. The minimum Gasteiger partial charge on any atom is -0.493 e. The van der Waals surface area contributed by atoms with E-state index in [9.17, 15) is 0 Å². The molecule has 5 heteroatoms. The van der Waals surface area contributed by atoms with E-state index >= 15 is 0 Å². The van der Waals surface area contributed by atoms with Gasteiger partial charge in [0.2, 0.25) is 5.75 Å². The number of benzene rings is 1.